The van der Waals surface area contributed by atoms with Crippen molar-refractivity contribution in [2.24, 2.45) is 0 Å². The zero-order valence-electron chi connectivity index (χ0n) is 14.9. The molecule has 0 aliphatic heterocycles. The van der Waals surface area contributed by atoms with Gasteiger partial charge in [0.1, 0.15) is 17.2 Å². The number of nitrogens with zero attached hydrogens (tertiary/aromatic N) is 1. The van der Waals surface area contributed by atoms with Crippen LogP contribution in [-0.4, -0.2) is 15.0 Å². The van der Waals surface area contributed by atoms with Crippen LogP contribution in [0.25, 0.3) is 33.3 Å². The first-order chi connectivity index (χ1) is 13.6. The summed E-state index contributed by atoms with van der Waals surface area (Å²) >= 11 is 0. The Kier molecular flexibility index (Phi) is 3.65. The zero-order chi connectivity index (χ0) is 19.3. The molecule has 1 aliphatic carbocycles. The Morgan fingerprint density at radius 3 is 2.82 bits per heavy atom. The average Bonchev–Trinajstić information content (AvgIpc) is 3.13. The number of nitrogen functional groups attached to an aromatic ring is 1. The number of halogens is 1. The Labute approximate surface area is 159 Å². The van der Waals surface area contributed by atoms with E-state index in [-0.39, 0.29) is 22.7 Å². The lowest BCUT2D eigenvalue weighted by Crippen LogP contribution is -2.13. The fourth-order valence-electron chi connectivity index (χ4n) is 3.81. The lowest BCUT2D eigenvalue weighted by Gasteiger charge is -2.13. The molecule has 2 aromatic heterocycles. The number of hydrogen-bond donors (Lipinski definition) is 3. The predicted octanol–water partition coefficient (Wildman–Crippen LogP) is 4.39. The van der Waals surface area contributed by atoms with Crippen LogP contribution in [0.5, 0.6) is 0 Å². The van der Waals surface area contributed by atoms with Gasteiger partial charge in [-0.15, -0.1) is 0 Å². The van der Waals surface area contributed by atoms with Crippen LogP contribution in [0.15, 0.2) is 65.5 Å². The quantitative estimate of drug-likeness (QED) is 0.488. The molecule has 28 heavy (non-hydrogen) atoms. The number of benzene rings is 2. The summed E-state index contributed by atoms with van der Waals surface area (Å²) in [6.07, 6.45) is 9.22. The summed E-state index contributed by atoms with van der Waals surface area (Å²) in [4.78, 5) is 23.4. The summed E-state index contributed by atoms with van der Waals surface area (Å²) < 4.78 is 13.7. The third kappa shape index (κ3) is 2.53. The number of para-hydroxylation sites is 1. The van der Waals surface area contributed by atoms with Gasteiger partial charge in [-0.1, -0.05) is 36.4 Å². The van der Waals surface area contributed by atoms with Gasteiger partial charge in [0.15, 0.2) is 0 Å². The Hall–Kier alpha value is -3.67. The number of allylic oxidation sites excluding steroid dienone is 4. The molecule has 1 aliphatic rings. The molecule has 0 amide bonds. The van der Waals surface area contributed by atoms with Crippen molar-refractivity contribution in [1.82, 2.24) is 15.0 Å². The molecule has 0 saturated carbocycles. The van der Waals surface area contributed by atoms with Crippen LogP contribution < -0.4 is 11.3 Å². The molecular weight excluding hydrogens is 355 g/mol. The van der Waals surface area contributed by atoms with E-state index in [0.717, 1.165) is 23.0 Å². The van der Waals surface area contributed by atoms with Crippen LogP contribution in [0.4, 0.5) is 10.1 Å². The largest absolute Gasteiger partial charge is 0.397 e. The molecule has 5 rings (SSSR count). The number of fused-ring (bicyclic) bond motifs is 2. The van der Waals surface area contributed by atoms with Gasteiger partial charge in [0.2, 0.25) is 0 Å². The van der Waals surface area contributed by atoms with Crippen LogP contribution in [0, 0.1) is 5.82 Å². The molecule has 0 spiro atoms. The summed E-state index contributed by atoms with van der Waals surface area (Å²) in [7, 11) is 0. The van der Waals surface area contributed by atoms with Gasteiger partial charge in [-0.3, -0.25) is 4.79 Å². The van der Waals surface area contributed by atoms with Crippen molar-refractivity contribution in [1.29, 1.82) is 0 Å². The maximum Gasteiger partial charge on any atom is 0.261 e. The van der Waals surface area contributed by atoms with Crippen LogP contribution in [0.3, 0.4) is 0 Å². The van der Waals surface area contributed by atoms with Crippen LogP contribution in [-0.2, 0) is 0 Å². The van der Waals surface area contributed by atoms with Crippen LogP contribution >= 0.6 is 0 Å². The highest BCUT2D eigenvalue weighted by molar-refractivity contribution is 5.98. The summed E-state index contributed by atoms with van der Waals surface area (Å²) in [5.74, 6) is 0.190. The molecular formula is C22H17FN4O. The molecule has 6 heteroatoms. The van der Waals surface area contributed by atoms with E-state index in [1.165, 1.54) is 18.2 Å². The first-order valence-electron chi connectivity index (χ1n) is 9.05. The molecule has 138 valence electrons. The van der Waals surface area contributed by atoms with Gasteiger partial charge in [-0.2, -0.15) is 0 Å². The van der Waals surface area contributed by atoms with Crippen LogP contribution in [0.2, 0.25) is 0 Å². The van der Waals surface area contributed by atoms with E-state index in [0.29, 0.717) is 16.7 Å². The Morgan fingerprint density at radius 1 is 1.11 bits per heavy atom. The SMILES string of the molecule is Nc1c(-c2nc3c(C4C=CC=CC4)cccc3[nH]2)c(=O)[nH]c2ccc(F)cc12. The second-order valence-corrected chi connectivity index (χ2v) is 6.92. The highest BCUT2D eigenvalue weighted by Crippen LogP contribution is 2.33. The van der Waals surface area contributed by atoms with E-state index in [1.807, 2.05) is 30.4 Å². The lowest BCUT2D eigenvalue weighted by atomic mass is 9.92. The fourth-order valence-corrected chi connectivity index (χ4v) is 3.81. The van der Waals surface area contributed by atoms with E-state index in [4.69, 9.17) is 10.7 Å². The van der Waals surface area contributed by atoms with Crippen LogP contribution in [0.1, 0.15) is 17.9 Å². The molecule has 0 saturated heterocycles. The summed E-state index contributed by atoms with van der Waals surface area (Å²) in [5.41, 5.74) is 9.53. The number of anilines is 1. The second kappa shape index (κ2) is 6.20. The highest BCUT2D eigenvalue weighted by atomic mass is 19.1. The van der Waals surface area contributed by atoms with Crippen molar-refractivity contribution in [3.8, 4) is 11.4 Å². The number of imidazole rings is 1. The van der Waals surface area contributed by atoms with Gasteiger partial charge in [0.25, 0.3) is 5.56 Å². The Bertz CT molecular complexity index is 1350. The van der Waals surface area contributed by atoms with Crippen molar-refractivity contribution >= 4 is 27.6 Å². The zero-order valence-corrected chi connectivity index (χ0v) is 14.9. The number of pyridine rings is 1. The standard InChI is InChI=1S/C22H17FN4O/c23-13-9-10-16-15(11-13)19(24)18(22(28)26-16)21-25-17-8-4-7-14(20(17)27-21)12-5-2-1-3-6-12/h1-5,7-12H,6H2,(H,25,27)(H3,24,26,28). The Balaban J connectivity index is 1.73. The van der Waals surface area contributed by atoms with Crippen molar-refractivity contribution in [2.75, 3.05) is 5.73 Å². The van der Waals surface area contributed by atoms with Gasteiger partial charge >= 0.3 is 0 Å². The maximum absolute atomic E-state index is 13.7. The molecule has 1 unspecified atom stereocenters. The summed E-state index contributed by atoms with van der Waals surface area (Å²) in [6.45, 7) is 0. The third-order valence-electron chi connectivity index (χ3n) is 5.18. The minimum atomic E-state index is -0.416. The number of nitrogens with two attached hydrogens (primary N) is 1. The van der Waals surface area contributed by atoms with Crippen molar-refractivity contribution in [3.05, 3.63) is 82.4 Å². The molecule has 1 atom stereocenters. The molecule has 4 aromatic rings. The smallest absolute Gasteiger partial charge is 0.261 e. The van der Waals surface area contributed by atoms with Crippen molar-refractivity contribution in [3.63, 3.8) is 0 Å². The minimum absolute atomic E-state index is 0.208. The van der Waals surface area contributed by atoms with Crippen molar-refractivity contribution in [2.45, 2.75) is 12.3 Å². The number of aromatic amines is 2. The minimum Gasteiger partial charge on any atom is -0.397 e. The number of rotatable bonds is 2. The maximum atomic E-state index is 13.7. The summed E-state index contributed by atoms with van der Waals surface area (Å²) in [5, 5.41) is 0.454. The van der Waals surface area contributed by atoms with Gasteiger partial charge in [-0.25, -0.2) is 9.37 Å². The Morgan fingerprint density at radius 2 is 2.00 bits per heavy atom. The molecule has 0 radical (unpaired) electrons. The molecule has 2 aromatic carbocycles. The summed E-state index contributed by atoms with van der Waals surface area (Å²) in [6, 6.07) is 10.0. The molecule has 5 nitrogen and oxygen atoms in total. The molecule has 4 N–H and O–H groups in total. The number of hydrogen-bond acceptors (Lipinski definition) is 3. The first-order valence-corrected chi connectivity index (χ1v) is 9.05. The van der Waals surface area contributed by atoms with Gasteiger partial charge in [-0.05, 0) is 36.2 Å². The van der Waals surface area contributed by atoms with E-state index in [9.17, 15) is 9.18 Å². The second-order valence-electron chi connectivity index (χ2n) is 6.92. The molecule has 0 bridgehead atoms. The van der Waals surface area contributed by atoms with E-state index in [2.05, 4.69) is 22.1 Å². The lowest BCUT2D eigenvalue weighted by molar-refractivity contribution is 0.629. The number of H-pyrrole nitrogens is 2. The van der Waals surface area contributed by atoms with Gasteiger partial charge in [0, 0.05) is 11.3 Å². The first kappa shape index (κ1) is 16.5. The van der Waals surface area contributed by atoms with E-state index < -0.39 is 5.82 Å². The predicted molar refractivity (Wildman–Crippen MR) is 110 cm³/mol. The average molecular weight is 372 g/mol. The van der Waals surface area contributed by atoms with Gasteiger partial charge in [0.05, 0.1) is 22.2 Å². The fraction of sp³-hybridized carbons (Fsp3) is 0.0909. The number of aromatic nitrogens is 3. The van der Waals surface area contributed by atoms with E-state index >= 15 is 0 Å². The normalized spacial score (nSPS) is 16.2. The van der Waals surface area contributed by atoms with Gasteiger partial charge < -0.3 is 15.7 Å². The monoisotopic (exact) mass is 372 g/mol. The van der Waals surface area contributed by atoms with E-state index in [1.54, 1.807) is 0 Å². The number of nitrogens with one attached hydrogen (secondary N) is 2. The highest BCUT2D eigenvalue weighted by Gasteiger charge is 2.19. The topological polar surface area (TPSA) is 87.6 Å². The van der Waals surface area contributed by atoms with Crippen molar-refractivity contribution < 1.29 is 4.39 Å². The third-order valence-corrected chi connectivity index (χ3v) is 5.18. The molecule has 0 fully saturated rings. The molecule has 2 heterocycles.